The second-order valence-corrected chi connectivity index (χ2v) is 3.50. The number of aromatic nitrogens is 1. The van der Waals surface area contributed by atoms with Gasteiger partial charge in [0.25, 0.3) is 0 Å². The number of aliphatic hydroxyl groups excluding tert-OH is 1. The number of rotatable bonds is 4. The van der Waals surface area contributed by atoms with Crippen LogP contribution in [0, 0.1) is 6.92 Å². The smallest absolute Gasteiger partial charge is 0.213 e. The molecule has 4 heteroatoms. The minimum atomic E-state index is 0.148. The maximum absolute atomic E-state index is 8.54. The molecule has 0 aromatic carbocycles. The average molecular weight is 246 g/mol. The average Bonchev–Trinajstić information content (AvgIpc) is 2.12. The van der Waals surface area contributed by atoms with Gasteiger partial charge in [0, 0.05) is 23.6 Å². The highest BCUT2D eigenvalue weighted by atomic mass is 79.9. The van der Waals surface area contributed by atoms with Crippen LogP contribution in [0.4, 0.5) is 0 Å². The summed E-state index contributed by atoms with van der Waals surface area (Å²) in [6.45, 7) is 2.56. The lowest BCUT2D eigenvalue weighted by Crippen LogP contribution is -2.01. The van der Waals surface area contributed by atoms with Crippen molar-refractivity contribution in [3.05, 3.63) is 22.3 Å². The molecule has 0 bridgehead atoms. The summed E-state index contributed by atoms with van der Waals surface area (Å²) in [6, 6.07) is 3.70. The lowest BCUT2D eigenvalue weighted by Gasteiger charge is -2.05. The summed E-state index contributed by atoms with van der Waals surface area (Å²) in [6.07, 6.45) is 0.636. The van der Waals surface area contributed by atoms with Crippen LogP contribution in [0.15, 0.2) is 16.6 Å². The molecule has 1 aromatic heterocycles. The molecule has 0 aliphatic heterocycles. The summed E-state index contributed by atoms with van der Waals surface area (Å²) in [7, 11) is 0. The Balaban J connectivity index is 2.53. The summed E-state index contributed by atoms with van der Waals surface area (Å²) in [5.74, 6) is 0.606. The van der Waals surface area contributed by atoms with E-state index in [0.717, 1.165) is 10.2 Å². The maximum atomic E-state index is 8.54. The quantitative estimate of drug-likeness (QED) is 0.825. The van der Waals surface area contributed by atoms with Gasteiger partial charge in [0.05, 0.1) is 12.3 Å². The molecule has 1 rings (SSSR count). The van der Waals surface area contributed by atoms with E-state index in [2.05, 4.69) is 20.9 Å². The zero-order chi connectivity index (χ0) is 9.68. The van der Waals surface area contributed by atoms with Crippen LogP contribution in [0.2, 0.25) is 0 Å². The minimum Gasteiger partial charge on any atom is -0.478 e. The van der Waals surface area contributed by atoms with Gasteiger partial charge in [-0.05, 0) is 28.9 Å². The summed E-state index contributed by atoms with van der Waals surface area (Å²) >= 11 is 3.35. The lowest BCUT2D eigenvalue weighted by molar-refractivity contribution is 0.229. The van der Waals surface area contributed by atoms with Crippen molar-refractivity contribution in [2.75, 3.05) is 13.2 Å². The monoisotopic (exact) mass is 245 g/mol. The summed E-state index contributed by atoms with van der Waals surface area (Å²) in [5, 5.41) is 8.54. The third-order valence-corrected chi connectivity index (χ3v) is 2.39. The van der Waals surface area contributed by atoms with Crippen molar-refractivity contribution in [2.24, 2.45) is 0 Å². The molecule has 0 unspecified atom stereocenters. The molecule has 0 saturated carbocycles. The fourth-order valence-corrected chi connectivity index (χ4v) is 1.06. The van der Waals surface area contributed by atoms with Crippen LogP contribution >= 0.6 is 15.9 Å². The Morgan fingerprint density at radius 3 is 2.92 bits per heavy atom. The highest BCUT2D eigenvalue weighted by Gasteiger charge is 1.98. The number of ether oxygens (including phenoxy) is 1. The second-order valence-electron chi connectivity index (χ2n) is 2.64. The van der Waals surface area contributed by atoms with Crippen molar-refractivity contribution in [2.45, 2.75) is 13.3 Å². The molecule has 0 fully saturated rings. The van der Waals surface area contributed by atoms with Crippen LogP contribution < -0.4 is 4.74 Å². The van der Waals surface area contributed by atoms with Gasteiger partial charge in [-0.2, -0.15) is 0 Å². The van der Waals surface area contributed by atoms with Gasteiger partial charge in [-0.15, -0.1) is 0 Å². The molecular formula is C9H12BrNO2. The molecular weight excluding hydrogens is 234 g/mol. The first kappa shape index (κ1) is 10.5. The Morgan fingerprint density at radius 2 is 2.31 bits per heavy atom. The first-order valence-electron chi connectivity index (χ1n) is 4.11. The van der Waals surface area contributed by atoms with Crippen molar-refractivity contribution in [3.63, 3.8) is 0 Å². The summed E-state index contributed by atoms with van der Waals surface area (Å²) in [4.78, 5) is 4.19. The molecule has 0 aliphatic rings. The second kappa shape index (κ2) is 5.19. The van der Waals surface area contributed by atoms with E-state index in [0.29, 0.717) is 18.9 Å². The van der Waals surface area contributed by atoms with E-state index in [-0.39, 0.29) is 6.61 Å². The third-order valence-electron chi connectivity index (χ3n) is 1.55. The molecule has 0 atom stereocenters. The highest BCUT2D eigenvalue weighted by Crippen LogP contribution is 2.17. The first-order chi connectivity index (χ1) is 6.24. The zero-order valence-corrected chi connectivity index (χ0v) is 9.04. The van der Waals surface area contributed by atoms with Crippen LogP contribution in [-0.2, 0) is 0 Å². The van der Waals surface area contributed by atoms with Gasteiger partial charge in [0.15, 0.2) is 0 Å². The van der Waals surface area contributed by atoms with Gasteiger partial charge < -0.3 is 9.84 Å². The van der Waals surface area contributed by atoms with Crippen LogP contribution in [0.25, 0.3) is 0 Å². The first-order valence-corrected chi connectivity index (χ1v) is 4.90. The molecule has 1 heterocycles. The fraction of sp³-hybridized carbons (Fsp3) is 0.444. The molecule has 0 amide bonds. The van der Waals surface area contributed by atoms with E-state index in [1.165, 1.54) is 0 Å². The van der Waals surface area contributed by atoms with Gasteiger partial charge in [-0.25, -0.2) is 4.98 Å². The van der Waals surface area contributed by atoms with E-state index in [1.54, 1.807) is 6.07 Å². The summed E-state index contributed by atoms with van der Waals surface area (Å²) < 4.78 is 6.26. The third kappa shape index (κ3) is 3.32. The largest absolute Gasteiger partial charge is 0.478 e. The van der Waals surface area contributed by atoms with Crippen LogP contribution in [-0.4, -0.2) is 23.3 Å². The zero-order valence-electron chi connectivity index (χ0n) is 7.46. The fourth-order valence-electron chi connectivity index (χ4n) is 0.843. The van der Waals surface area contributed by atoms with Crippen molar-refractivity contribution in [1.29, 1.82) is 0 Å². The van der Waals surface area contributed by atoms with Crippen LogP contribution in [0.3, 0.4) is 0 Å². The molecule has 3 nitrogen and oxygen atoms in total. The van der Waals surface area contributed by atoms with Crippen LogP contribution in [0.1, 0.15) is 12.1 Å². The number of hydrogen-bond acceptors (Lipinski definition) is 3. The van der Waals surface area contributed by atoms with Gasteiger partial charge in [-0.3, -0.25) is 0 Å². The normalized spacial score (nSPS) is 10.1. The molecule has 1 N–H and O–H groups in total. The Morgan fingerprint density at radius 1 is 1.54 bits per heavy atom. The van der Waals surface area contributed by atoms with Gasteiger partial charge >= 0.3 is 0 Å². The molecule has 0 aliphatic carbocycles. The molecule has 0 spiro atoms. The number of nitrogens with zero attached hydrogens (tertiary/aromatic N) is 1. The number of hydrogen-bond donors (Lipinski definition) is 1. The standard InChI is InChI=1S/C9H12BrNO2/c1-7-8(10)3-4-9(11-7)13-6-2-5-12/h3-4,12H,2,5-6H2,1H3. The van der Waals surface area contributed by atoms with E-state index in [1.807, 2.05) is 13.0 Å². The number of aryl methyl sites for hydroxylation is 1. The Bertz CT molecular complexity index is 278. The maximum Gasteiger partial charge on any atom is 0.213 e. The van der Waals surface area contributed by atoms with Crippen molar-refractivity contribution >= 4 is 15.9 Å². The predicted molar refractivity (Wildman–Crippen MR) is 53.9 cm³/mol. The van der Waals surface area contributed by atoms with E-state index in [9.17, 15) is 0 Å². The van der Waals surface area contributed by atoms with Crippen LogP contribution in [0.5, 0.6) is 5.88 Å². The van der Waals surface area contributed by atoms with Crippen molar-refractivity contribution in [1.82, 2.24) is 4.98 Å². The van der Waals surface area contributed by atoms with E-state index < -0.39 is 0 Å². The predicted octanol–water partition coefficient (Wildman–Crippen LogP) is 1.91. The van der Waals surface area contributed by atoms with Gasteiger partial charge in [0.1, 0.15) is 0 Å². The summed E-state index contributed by atoms with van der Waals surface area (Å²) in [5.41, 5.74) is 0.904. The Hall–Kier alpha value is -0.610. The lowest BCUT2D eigenvalue weighted by atomic mass is 10.4. The van der Waals surface area contributed by atoms with Gasteiger partial charge in [-0.1, -0.05) is 0 Å². The SMILES string of the molecule is Cc1nc(OCCCO)ccc1Br. The van der Waals surface area contributed by atoms with Crippen molar-refractivity contribution < 1.29 is 9.84 Å². The molecule has 1 aromatic rings. The molecule has 13 heavy (non-hydrogen) atoms. The van der Waals surface area contributed by atoms with E-state index >= 15 is 0 Å². The topological polar surface area (TPSA) is 42.4 Å². The number of pyridine rings is 1. The number of halogens is 1. The molecule has 0 radical (unpaired) electrons. The van der Waals surface area contributed by atoms with E-state index in [4.69, 9.17) is 9.84 Å². The highest BCUT2D eigenvalue weighted by molar-refractivity contribution is 9.10. The molecule has 0 saturated heterocycles. The Kier molecular flexibility index (Phi) is 4.18. The van der Waals surface area contributed by atoms with Crippen molar-refractivity contribution in [3.8, 4) is 5.88 Å². The Labute approximate surface area is 85.9 Å². The molecule has 72 valence electrons. The number of aliphatic hydroxyl groups is 1. The van der Waals surface area contributed by atoms with Gasteiger partial charge in [0.2, 0.25) is 5.88 Å². The minimum absolute atomic E-state index is 0.148.